The van der Waals surface area contributed by atoms with Gasteiger partial charge in [-0.1, -0.05) is 0 Å². The predicted molar refractivity (Wildman–Crippen MR) is 132 cm³/mol. The molecule has 0 bridgehead atoms. The third kappa shape index (κ3) is 6.38. The summed E-state index contributed by atoms with van der Waals surface area (Å²) in [6.45, 7) is 5.73. The summed E-state index contributed by atoms with van der Waals surface area (Å²) in [6, 6.07) is 0. The van der Waals surface area contributed by atoms with Crippen molar-refractivity contribution in [2.24, 2.45) is 5.92 Å². The predicted octanol–water partition coefficient (Wildman–Crippen LogP) is 1.62. The summed E-state index contributed by atoms with van der Waals surface area (Å²) in [5.41, 5.74) is -0.999. The fourth-order valence-electron chi connectivity index (χ4n) is 4.62. The zero-order valence-electron chi connectivity index (χ0n) is 21.0. The molecule has 1 aromatic heterocycles. The molecular formula is C24H37N5O6S. The molecule has 1 amide bonds. The minimum Gasteiger partial charge on any atom is -0.476 e. The van der Waals surface area contributed by atoms with Crippen molar-refractivity contribution in [2.75, 3.05) is 56.5 Å². The minimum atomic E-state index is -3.36. The summed E-state index contributed by atoms with van der Waals surface area (Å²) < 4.78 is 38.1. The van der Waals surface area contributed by atoms with Crippen LogP contribution in [0.1, 0.15) is 51.9 Å². The molecule has 2 aliphatic carbocycles. The molecule has 200 valence electrons. The highest BCUT2D eigenvalue weighted by Gasteiger charge is 2.43. The molecule has 2 aliphatic heterocycles. The van der Waals surface area contributed by atoms with Crippen LogP contribution in [0.15, 0.2) is 12.4 Å². The van der Waals surface area contributed by atoms with E-state index in [4.69, 9.17) is 9.47 Å². The Kier molecular flexibility index (Phi) is 7.03. The van der Waals surface area contributed by atoms with Gasteiger partial charge in [-0.15, -0.1) is 0 Å². The van der Waals surface area contributed by atoms with Crippen LogP contribution in [0.25, 0.3) is 0 Å². The van der Waals surface area contributed by atoms with Gasteiger partial charge in [-0.05, 0) is 57.8 Å². The van der Waals surface area contributed by atoms with Gasteiger partial charge in [0.15, 0.2) is 0 Å². The number of hydrogen-bond acceptors (Lipinski definition) is 9. The fourth-order valence-corrected chi connectivity index (χ4v) is 6.24. The van der Waals surface area contributed by atoms with Crippen LogP contribution in [-0.2, 0) is 14.8 Å². The number of aliphatic hydroxyl groups is 1. The molecule has 12 heteroatoms. The molecule has 0 spiro atoms. The average Bonchev–Trinajstić information content (AvgIpc) is 3.81. The zero-order chi connectivity index (χ0) is 25.4. The van der Waals surface area contributed by atoms with E-state index in [-0.39, 0.29) is 17.4 Å². The number of carbonyl (C=O) groups excluding carboxylic acids is 1. The molecule has 1 aromatic rings. The zero-order valence-corrected chi connectivity index (χ0v) is 21.8. The number of rotatable bonds is 9. The molecule has 0 radical (unpaired) electrons. The minimum absolute atomic E-state index is 0.00209. The summed E-state index contributed by atoms with van der Waals surface area (Å²) in [5, 5.41) is 9.95. The standard InChI is InChI=1S/C24H37N5O6S/c1-23(4-5-23)35-22(30)28-9-2-19(3-10-28)18-34-21-17-25-20(16-26-21)27-11-13-29(14-12-27)36(32,33)15-8-24(31)6-7-24/h16-17,19,31H,2-15,18H2,1H3. The summed E-state index contributed by atoms with van der Waals surface area (Å²) in [6.07, 6.45) is 8.41. The molecule has 2 saturated carbocycles. The van der Waals surface area contributed by atoms with Crippen LogP contribution in [0, 0.1) is 5.92 Å². The number of amides is 1. The molecule has 11 nitrogen and oxygen atoms in total. The van der Waals surface area contributed by atoms with Gasteiger partial charge < -0.3 is 24.4 Å². The maximum atomic E-state index is 12.6. The first kappa shape index (κ1) is 25.5. The number of piperidine rings is 1. The number of anilines is 1. The van der Waals surface area contributed by atoms with E-state index in [1.807, 2.05) is 11.8 Å². The number of sulfonamides is 1. The van der Waals surface area contributed by atoms with Crippen molar-refractivity contribution in [3.8, 4) is 5.88 Å². The normalized spacial score (nSPS) is 23.8. The van der Waals surface area contributed by atoms with Crippen molar-refractivity contribution >= 4 is 21.9 Å². The van der Waals surface area contributed by atoms with E-state index in [1.165, 1.54) is 4.31 Å². The molecule has 3 heterocycles. The van der Waals surface area contributed by atoms with Crippen molar-refractivity contribution in [1.82, 2.24) is 19.2 Å². The number of nitrogens with zero attached hydrogens (tertiary/aromatic N) is 5. The topological polar surface area (TPSA) is 125 Å². The van der Waals surface area contributed by atoms with Crippen molar-refractivity contribution < 1.29 is 27.8 Å². The van der Waals surface area contributed by atoms with Gasteiger partial charge in [0.2, 0.25) is 15.9 Å². The van der Waals surface area contributed by atoms with Crippen LogP contribution < -0.4 is 9.64 Å². The second-order valence-electron chi connectivity index (χ2n) is 10.9. The Morgan fingerprint density at radius 3 is 2.33 bits per heavy atom. The van der Waals surface area contributed by atoms with Crippen molar-refractivity contribution in [2.45, 2.75) is 63.1 Å². The highest BCUT2D eigenvalue weighted by Crippen LogP contribution is 2.40. The van der Waals surface area contributed by atoms with E-state index in [9.17, 15) is 18.3 Å². The quantitative estimate of drug-likeness (QED) is 0.514. The van der Waals surface area contributed by atoms with Gasteiger partial charge in [-0.2, -0.15) is 4.31 Å². The SMILES string of the molecule is CC1(OC(=O)N2CCC(COc3cnc(N4CCN(S(=O)(=O)CCC5(O)CC5)CC4)cn3)CC2)CC1. The number of likely N-dealkylation sites (tertiary alicyclic amines) is 1. The summed E-state index contributed by atoms with van der Waals surface area (Å²) in [5.74, 6) is 1.50. The lowest BCUT2D eigenvalue weighted by atomic mass is 9.98. The summed E-state index contributed by atoms with van der Waals surface area (Å²) >= 11 is 0. The van der Waals surface area contributed by atoms with Gasteiger partial charge in [-0.3, -0.25) is 0 Å². The number of piperazine rings is 1. The maximum absolute atomic E-state index is 12.6. The van der Waals surface area contributed by atoms with Crippen LogP contribution >= 0.6 is 0 Å². The fraction of sp³-hybridized carbons (Fsp3) is 0.792. The molecule has 2 saturated heterocycles. The van der Waals surface area contributed by atoms with Crippen LogP contribution in [0.3, 0.4) is 0 Å². The van der Waals surface area contributed by atoms with Crippen LogP contribution in [0.2, 0.25) is 0 Å². The molecular weight excluding hydrogens is 486 g/mol. The smallest absolute Gasteiger partial charge is 0.410 e. The van der Waals surface area contributed by atoms with E-state index in [0.29, 0.717) is 82.8 Å². The lowest BCUT2D eigenvalue weighted by molar-refractivity contribution is 0.0454. The second kappa shape index (κ2) is 9.94. The van der Waals surface area contributed by atoms with Gasteiger partial charge in [-0.25, -0.2) is 23.2 Å². The van der Waals surface area contributed by atoms with Crippen LogP contribution in [-0.4, -0.2) is 102 Å². The monoisotopic (exact) mass is 523 g/mol. The van der Waals surface area contributed by atoms with Gasteiger partial charge in [0, 0.05) is 39.3 Å². The Balaban J connectivity index is 1.02. The highest BCUT2D eigenvalue weighted by molar-refractivity contribution is 7.89. The molecule has 5 rings (SSSR count). The van der Waals surface area contributed by atoms with E-state index in [1.54, 1.807) is 17.3 Å². The summed E-state index contributed by atoms with van der Waals surface area (Å²) in [4.78, 5) is 24.9. The Labute approximate surface area is 212 Å². The van der Waals surface area contributed by atoms with Crippen molar-refractivity contribution in [3.63, 3.8) is 0 Å². The van der Waals surface area contributed by atoms with Crippen LogP contribution in [0.5, 0.6) is 5.88 Å². The highest BCUT2D eigenvalue weighted by atomic mass is 32.2. The lowest BCUT2D eigenvalue weighted by Gasteiger charge is -2.34. The number of ether oxygens (including phenoxy) is 2. The number of hydrogen-bond donors (Lipinski definition) is 1. The molecule has 4 aliphatic rings. The molecule has 0 atom stereocenters. The van der Waals surface area contributed by atoms with E-state index in [0.717, 1.165) is 25.7 Å². The Morgan fingerprint density at radius 2 is 1.75 bits per heavy atom. The van der Waals surface area contributed by atoms with E-state index in [2.05, 4.69) is 9.97 Å². The maximum Gasteiger partial charge on any atom is 0.410 e. The molecule has 0 unspecified atom stereocenters. The summed E-state index contributed by atoms with van der Waals surface area (Å²) in [7, 11) is -3.36. The first-order valence-electron chi connectivity index (χ1n) is 13.0. The first-order valence-corrected chi connectivity index (χ1v) is 14.6. The van der Waals surface area contributed by atoms with Gasteiger partial charge in [0.05, 0.1) is 30.4 Å². The van der Waals surface area contributed by atoms with Crippen molar-refractivity contribution in [1.29, 1.82) is 0 Å². The van der Waals surface area contributed by atoms with Crippen molar-refractivity contribution in [3.05, 3.63) is 12.4 Å². The average molecular weight is 524 g/mol. The molecule has 4 fully saturated rings. The second-order valence-corrected chi connectivity index (χ2v) is 13.0. The Hall–Kier alpha value is -2.18. The molecule has 1 N–H and O–H groups in total. The number of aromatic nitrogens is 2. The largest absolute Gasteiger partial charge is 0.476 e. The van der Waals surface area contributed by atoms with E-state index >= 15 is 0 Å². The molecule has 36 heavy (non-hydrogen) atoms. The van der Waals surface area contributed by atoms with Gasteiger partial charge in [0.25, 0.3) is 0 Å². The van der Waals surface area contributed by atoms with E-state index < -0.39 is 15.6 Å². The molecule has 0 aromatic carbocycles. The van der Waals surface area contributed by atoms with Gasteiger partial charge in [0.1, 0.15) is 11.4 Å². The Morgan fingerprint density at radius 1 is 1.06 bits per heavy atom. The number of carbonyl (C=O) groups is 1. The van der Waals surface area contributed by atoms with Gasteiger partial charge >= 0.3 is 6.09 Å². The third-order valence-electron chi connectivity index (χ3n) is 7.85. The lowest BCUT2D eigenvalue weighted by Crippen LogP contribution is -2.49. The first-order chi connectivity index (χ1) is 17.1. The van der Waals surface area contributed by atoms with Crippen LogP contribution in [0.4, 0.5) is 10.6 Å². The Bertz CT molecular complexity index is 1030. The third-order valence-corrected chi connectivity index (χ3v) is 9.72.